The highest BCUT2D eigenvalue weighted by atomic mass is 35.5. The van der Waals surface area contributed by atoms with Gasteiger partial charge in [-0.15, -0.1) is 12.4 Å². The molecule has 134 valence electrons. The second-order valence-electron chi connectivity index (χ2n) is 7.41. The molecular weight excluding hydrogens is 334 g/mol. The van der Waals surface area contributed by atoms with Gasteiger partial charge in [0, 0.05) is 56.6 Å². The molecule has 0 saturated carbocycles. The van der Waals surface area contributed by atoms with Crippen LogP contribution in [0.2, 0.25) is 0 Å². The first kappa shape index (κ1) is 18.2. The molecule has 2 aromatic rings. The minimum absolute atomic E-state index is 0. The van der Waals surface area contributed by atoms with Crippen LogP contribution in [0.15, 0.2) is 42.7 Å². The molecule has 1 saturated heterocycles. The van der Waals surface area contributed by atoms with Crippen molar-refractivity contribution in [1.29, 1.82) is 0 Å². The van der Waals surface area contributed by atoms with Crippen molar-refractivity contribution >= 4 is 12.4 Å². The predicted octanol–water partition coefficient (Wildman–Crippen LogP) is 3.36. The van der Waals surface area contributed by atoms with Crippen LogP contribution in [0, 0.1) is 0 Å². The molecule has 1 fully saturated rings. The van der Waals surface area contributed by atoms with E-state index in [0.717, 1.165) is 38.3 Å². The van der Waals surface area contributed by atoms with Crippen molar-refractivity contribution in [1.82, 2.24) is 15.2 Å². The highest BCUT2D eigenvalue weighted by Crippen LogP contribution is 2.38. The maximum atomic E-state index is 6.26. The molecule has 0 aliphatic carbocycles. The molecule has 3 heterocycles. The minimum Gasteiger partial charge on any atom is -0.487 e. The van der Waals surface area contributed by atoms with Crippen molar-refractivity contribution < 1.29 is 4.74 Å². The number of benzene rings is 1. The fourth-order valence-corrected chi connectivity index (χ4v) is 3.87. The standard InChI is InChI=1S/C20H25N3O.ClH/c1-20(2)12-16-4-3-5-17(19(16)24-20)14-23-11-10-22-13-18(23)15-6-8-21-9-7-15;/h3-9,18,22H,10-14H2,1-2H3;1H. The Balaban J connectivity index is 0.00000182. The third kappa shape index (κ3) is 3.81. The molecule has 1 aromatic heterocycles. The number of rotatable bonds is 3. The zero-order valence-electron chi connectivity index (χ0n) is 14.9. The van der Waals surface area contributed by atoms with Gasteiger partial charge < -0.3 is 10.1 Å². The average Bonchev–Trinajstić information content (AvgIpc) is 2.91. The van der Waals surface area contributed by atoms with E-state index in [1.807, 2.05) is 12.4 Å². The van der Waals surface area contributed by atoms with Gasteiger partial charge in [0.2, 0.25) is 0 Å². The monoisotopic (exact) mass is 359 g/mol. The molecular formula is C20H26ClN3O. The Morgan fingerprint density at radius 2 is 2.04 bits per heavy atom. The Morgan fingerprint density at radius 3 is 2.84 bits per heavy atom. The van der Waals surface area contributed by atoms with Crippen LogP contribution in [0.1, 0.15) is 36.6 Å². The second kappa shape index (κ2) is 7.32. The molecule has 0 radical (unpaired) electrons. The summed E-state index contributed by atoms with van der Waals surface area (Å²) in [6.07, 6.45) is 4.76. The van der Waals surface area contributed by atoms with E-state index >= 15 is 0 Å². The number of ether oxygens (including phenoxy) is 1. The van der Waals surface area contributed by atoms with Crippen LogP contribution in [-0.2, 0) is 13.0 Å². The summed E-state index contributed by atoms with van der Waals surface area (Å²) in [6.45, 7) is 8.31. The molecule has 4 nitrogen and oxygen atoms in total. The van der Waals surface area contributed by atoms with Gasteiger partial charge in [0.05, 0.1) is 0 Å². The molecule has 1 aromatic carbocycles. The summed E-state index contributed by atoms with van der Waals surface area (Å²) in [6, 6.07) is 11.2. The SMILES string of the molecule is CC1(C)Cc2cccc(CN3CCNCC3c3ccncc3)c2O1.Cl. The first-order chi connectivity index (χ1) is 11.6. The van der Waals surface area contributed by atoms with Crippen LogP contribution in [0.25, 0.3) is 0 Å². The van der Waals surface area contributed by atoms with Gasteiger partial charge >= 0.3 is 0 Å². The molecule has 1 N–H and O–H groups in total. The van der Waals surface area contributed by atoms with Crippen LogP contribution >= 0.6 is 12.4 Å². The molecule has 0 spiro atoms. The predicted molar refractivity (Wildman–Crippen MR) is 102 cm³/mol. The van der Waals surface area contributed by atoms with E-state index in [4.69, 9.17) is 4.74 Å². The second-order valence-corrected chi connectivity index (χ2v) is 7.41. The van der Waals surface area contributed by atoms with Gasteiger partial charge in [0.25, 0.3) is 0 Å². The summed E-state index contributed by atoms with van der Waals surface area (Å²) in [7, 11) is 0. The lowest BCUT2D eigenvalue weighted by molar-refractivity contribution is 0.128. The van der Waals surface area contributed by atoms with Crippen molar-refractivity contribution in [2.45, 2.75) is 38.5 Å². The molecule has 1 atom stereocenters. The lowest BCUT2D eigenvalue weighted by atomic mass is 9.99. The van der Waals surface area contributed by atoms with Crippen molar-refractivity contribution in [3.8, 4) is 5.75 Å². The van der Waals surface area contributed by atoms with Gasteiger partial charge in [-0.3, -0.25) is 9.88 Å². The average molecular weight is 360 g/mol. The maximum absolute atomic E-state index is 6.26. The largest absolute Gasteiger partial charge is 0.487 e. The summed E-state index contributed by atoms with van der Waals surface area (Å²) in [5.74, 6) is 1.11. The molecule has 25 heavy (non-hydrogen) atoms. The Hall–Kier alpha value is -1.62. The maximum Gasteiger partial charge on any atom is 0.127 e. The molecule has 2 aliphatic rings. The van der Waals surface area contributed by atoms with Gasteiger partial charge in [0.1, 0.15) is 11.4 Å². The minimum atomic E-state index is -0.0909. The number of piperazine rings is 1. The first-order valence-electron chi connectivity index (χ1n) is 8.77. The van der Waals surface area contributed by atoms with Crippen molar-refractivity contribution in [2.75, 3.05) is 19.6 Å². The topological polar surface area (TPSA) is 37.4 Å². The summed E-state index contributed by atoms with van der Waals surface area (Å²) in [5.41, 5.74) is 3.88. The number of nitrogens with zero attached hydrogens (tertiary/aromatic N) is 2. The normalized spacial score (nSPS) is 21.9. The summed E-state index contributed by atoms with van der Waals surface area (Å²) < 4.78 is 6.26. The molecule has 1 unspecified atom stereocenters. The van der Waals surface area contributed by atoms with Gasteiger partial charge in [-0.2, -0.15) is 0 Å². The molecule has 2 aliphatic heterocycles. The van der Waals surface area contributed by atoms with E-state index in [-0.39, 0.29) is 18.0 Å². The Labute approximate surface area is 156 Å². The summed E-state index contributed by atoms with van der Waals surface area (Å²) in [4.78, 5) is 6.71. The zero-order chi connectivity index (χ0) is 16.6. The smallest absolute Gasteiger partial charge is 0.127 e. The Morgan fingerprint density at radius 1 is 1.24 bits per heavy atom. The van der Waals surface area contributed by atoms with Crippen molar-refractivity contribution in [3.63, 3.8) is 0 Å². The summed E-state index contributed by atoms with van der Waals surface area (Å²) >= 11 is 0. The van der Waals surface area contributed by atoms with Crippen LogP contribution in [-0.4, -0.2) is 35.1 Å². The van der Waals surface area contributed by atoms with Crippen LogP contribution in [0.3, 0.4) is 0 Å². The van der Waals surface area contributed by atoms with Crippen LogP contribution in [0.5, 0.6) is 5.75 Å². The third-order valence-corrected chi connectivity index (χ3v) is 4.99. The first-order valence-corrected chi connectivity index (χ1v) is 8.77. The fourth-order valence-electron chi connectivity index (χ4n) is 3.87. The Bertz CT molecular complexity index is 720. The van der Waals surface area contributed by atoms with Gasteiger partial charge in [-0.25, -0.2) is 0 Å². The number of aromatic nitrogens is 1. The van der Waals surface area contributed by atoms with E-state index in [1.54, 1.807) is 0 Å². The van der Waals surface area contributed by atoms with E-state index < -0.39 is 0 Å². The fraction of sp³-hybridized carbons (Fsp3) is 0.450. The van der Waals surface area contributed by atoms with Crippen LogP contribution < -0.4 is 10.1 Å². The molecule has 5 heteroatoms. The van der Waals surface area contributed by atoms with Crippen molar-refractivity contribution in [3.05, 3.63) is 59.4 Å². The molecule has 0 amide bonds. The van der Waals surface area contributed by atoms with Crippen LogP contribution in [0.4, 0.5) is 0 Å². The van der Waals surface area contributed by atoms with Gasteiger partial charge in [0.15, 0.2) is 0 Å². The molecule has 0 bridgehead atoms. The quantitative estimate of drug-likeness (QED) is 0.911. The van der Waals surface area contributed by atoms with E-state index in [9.17, 15) is 0 Å². The van der Waals surface area contributed by atoms with E-state index in [0.29, 0.717) is 6.04 Å². The number of para-hydroxylation sites is 1. The highest BCUT2D eigenvalue weighted by molar-refractivity contribution is 5.85. The number of hydrogen-bond donors (Lipinski definition) is 1. The number of hydrogen-bond acceptors (Lipinski definition) is 4. The van der Waals surface area contributed by atoms with Crippen molar-refractivity contribution in [2.24, 2.45) is 0 Å². The van der Waals surface area contributed by atoms with E-state index in [1.165, 1.54) is 16.7 Å². The summed E-state index contributed by atoms with van der Waals surface area (Å²) in [5, 5.41) is 3.52. The number of halogens is 1. The van der Waals surface area contributed by atoms with Gasteiger partial charge in [-0.05, 0) is 37.1 Å². The number of nitrogens with one attached hydrogen (secondary N) is 1. The van der Waals surface area contributed by atoms with E-state index in [2.05, 4.69) is 59.4 Å². The van der Waals surface area contributed by atoms with Gasteiger partial charge in [-0.1, -0.05) is 18.2 Å². The highest BCUT2D eigenvalue weighted by Gasteiger charge is 2.32. The molecule has 4 rings (SSSR count). The number of pyridine rings is 1. The Kier molecular flexibility index (Phi) is 5.32. The third-order valence-electron chi connectivity index (χ3n) is 4.99. The lowest BCUT2D eigenvalue weighted by Crippen LogP contribution is -2.45. The zero-order valence-corrected chi connectivity index (χ0v) is 15.7. The number of fused-ring (bicyclic) bond motifs is 1. The lowest BCUT2D eigenvalue weighted by Gasteiger charge is -2.36.